The number of alkyl halides is 3. The molecule has 170 valence electrons. The molecule has 1 saturated heterocycles. The Morgan fingerprint density at radius 3 is 2.26 bits per heavy atom. The molecule has 1 aliphatic heterocycles. The predicted molar refractivity (Wildman–Crippen MR) is 114 cm³/mol. The minimum Gasteiger partial charge on any atom is -0.480 e. The molecule has 3 unspecified atom stereocenters. The largest absolute Gasteiger partial charge is 0.480 e. The normalized spacial score (nSPS) is 21.1. The van der Waals surface area contributed by atoms with Gasteiger partial charge < -0.3 is 15.2 Å². The SMILES string of the molecule is CCC1CCC(CNCC(=O)O)OC1c1cc(C(F)(F)F)ccc1C.c1ccccc1. The van der Waals surface area contributed by atoms with Crippen LogP contribution in [-0.4, -0.2) is 30.3 Å². The molecule has 1 aliphatic rings. The highest BCUT2D eigenvalue weighted by Gasteiger charge is 2.35. The molecular formula is C24H30F3NO3. The van der Waals surface area contributed by atoms with Gasteiger partial charge in [-0.2, -0.15) is 13.2 Å². The van der Waals surface area contributed by atoms with E-state index >= 15 is 0 Å². The fourth-order valence-corrected chi connectivity index (χ4v) is 3.68. The third-order valence-corrected chi connectivity index (χ3v) is 5.38. The number of hydrogen-bond acceptors (Lipinski definition) is 3. The summed E-state index contributed by atoms with van der Waals surface area (Å²) in [5, 5.41) is 11.5. The summed E-state index contributed by atoms with van der Waals surface area (Å²) >= 11 is 0. The van der Waals surface area contributed by atoms with E-state index in [0.717, 1.165) is 30.9 Å². The van der Waals surface area contributed by atoms with Gasteiger partial charge in [0.25, 0.3) is 0 Å². The third-order valence-electron chi connectivity index (χ3n) is 5.38. The van der Waals surface area contributed by atoms with Crippen molar-refractivity contribution in [2.24, 2.45) is 5.92 Å². The van der Waals surface area contributed by atoms with Crippen LogP contribution in [0.15, 0.2) is 54.6 Å². The first kappa shape index (κ1) is 24.9. The number of ether oxygens (including phenoxy) is 1. The Morgan fingerprint density at radius 1 is 1.13 bits per heavy atom. The highest BCUT2D eigenvalue weighted by molar-refractivity contribution is 5.68. The van der Waals surface area contributed by atoms with Crippen LogP contribution in [0.3, 0.4) is 0 Å². The molecule has 2 aromatic carbocycles. The van der Waals surface area contributed by atoms with Crippen LogP contribution >= 0.6 is 0 Å². The molecule has 0 aromatic heterocycles. The summed E-state index contributed by atoms with van der Waals surface area (Å²) in [5.74, 6) is -0.801. The molecule has 0 bridgehead atoms. The Hall–Kier alpha value is -2.38. The second kappa shape index (κ2) is 11.9. The highest BCUT2D eigenvalue weighted by Crippen LogP contribution is 2.41. The summed E-state index contributed by atoms with van der Waals surface area (Å²) in [4.78, 5) is 10.6. The van der Waals surface area contributed by atoms with Crippen molar-refractivity contribution in [3.63, 3.8) is 0 Å². The van der Waals surface area contributed by atoms with Crippen molar-refractivity contribution in [2.75, 3.05) is 13.1 Å². The molecule has 3 rings (SSSR count). The van der Waals surface area contributed by atoms with Crippen molar-refractivity contribution in [3.8, 4) is 0 Å². The van der Waals surface area contributed by atoms with E-state index in [2.05, 4.69) is 5.32 Å². The molecule has 3 atom stereocenters. The molecule has 2 aromatic rings. The van der Waals surface area contributed by atoms with Gasteiger partial charge in [0, 0.05) is 6.54 Å². The number of aryl methyl sites for hydroxylation is 1. The molecule has 4 nitrogen and oxygen atoms in total. The molecular weight excluding hydrogens is 407 g/mol. The van der Waals surface area contributed by atoms with E-state index in [-0.39, 0.29) is 18.6 Å². The zero-order valence-corrected chi connectivity index (χ0v) is 17.9. The van der Waals surface area contributed by atoms with E-state index in [1.165, 1.54) is 12.1 Å². The molecule has 2 N–H and O–H groups in total. The first-order valence-corrected chi connectivity index (χ1v) is 10.5. The van der Waals surface area contributed by atoms with Crippen molar-refractivity contribution >= 4 is 5.97 Å². The van der Waals surface area contributed by atoms with Crippen LogP contribution in [0.25, 0.3) is 0 Å². The lowest BCUT2D eigenvalue weighted by molar-refractivity contribution is -0.138. The summed E-state index contributed by atoms with van der Waals surface area (Å²) in [6.07, 6.45) is -2.58. The van der Waals surface area contributed by atoms with E-state index in [1.54, 1.807) is 6.92 Å². The number of halogens is 3. The maximum absolute atomic E-state index is 13.1. The van der Waals surface area contributed by atoms with E-state index in [1.807, 2.05) is 43.3 Å². The fourth-order valence-electron chi connectivity index (χ4n) is 3.68. The second-order valence-electron chi connectivity index (χ2n) is 7.67. The number of aliphatic carboxylic acids is 1. The van der Waals surface area contributed by atoms with E-state index in [4.69, 9.17) is 9.84 Å². The monoisotopic (exact) mass is 437 g/mol. The van der Waals surface area contributed by atoms with Gasteiger partial charge in [0.2, 0.25) is 0 Å². The van der Waals surface area contributed by atoms with Gasteiger partial charge in [-0.25, -0.2) is 0 Å². The topological polar surface area (TPSA) is 58.6 Å². The van der Waals surface area contributed by atoms with Gasteiger partial charge in [0.05, 0.1) is 24.3 Å². The Morgan fingerprint density at radius 2 is 1.74 bits per heavy atom. The second-order valence-corrected chi connectivity index (χ2v) is 7.67. The van der Waals surface area contributed by atoms with Crippen LogP contribution in [0.1, 0.15) is 49.0 Å². The number of rotatable bonds is 6. The average Bonchev–Trinajstić information content (AvgIpc) is 2.74. The van der Waals surface area contributed by atoms with Crippen molar-refractivity contribution in [1.29, 1.82) is 0 Å². The Balaban J connectivity index is 0.000000488. The van der Waals surface area contributed by atoms with E-state index in [0.29, 0.717) is 12.1 Å². The fraction of sp³-hybridized carbons (Fsp3) is 0.458. The third kappa shape index (κ3) is 7.99. The number of nitrogens with one attached hydrogen (secondary N) is 1. The zero-order chi connectivity index (χ0) is 22.9. The number of carbonyl (C=O) groups is 1. The molecule has 0 radical (unpaired) electrons. The number of benzene rings is 2. The highest BCUT2D eigenvalue weighted by atomic mass is 19.4. The standard InChI is InChI=1S/C18H24F3NO3.C6H6/c1-3-12-5-7-14(9-22-10-16(23)24)25-17(12)15-8-13(18(19,20)21)6-4-11(15)2;1-2-4-6-5-3-1/h4,6,8,12,14,17,22H,3,5,7,9-10H2,1-2H3,(H,23,24);1-6H. The van der Waals surface area contributed by atoms with Crippen molar-refractivity contribution in [3.05, 3.63) is 71.3 Å². The molecule has 0 saturated carbocycles. The maximum atomic E-state index is 13.1. The summed E-state index contributed by atoms with van der Waals surface area (Å²) in [6.45, 7) is 4.01. The number of hydrogen-bond donors (Lipinski definition) is 2. The molecule has 0 spiro atoms. The molecule has 31 heavy (non-hydrogen) atoms. The van der Waals surface area contributed by atoms with Gasteiger partial charge >= 0.3 is 12.1 Å². The molecule has 7 heteroatoms. The van der Waals surface area contributed by atoms with Crippen LogP contribution < -0.4 is 5.32 Å². The molecule has 1 fully saturated rings. The van der Waals surface area contributed by atoms with E-state index < -0.39 is 23.8 Å². The minimum absolute atomic E-state index is 0.151. The van der Waals surface area contributed by atoms with Gasteiger partial charge in [-0.3, -0.25) is 4.79 Å². The van der Waals surface area contributed by atoms with Crippen LogP contribution in [0.5, 0.6) is 0 Å². The lowest BCUT2D eigenvalue weighted by Gasteiger charge is -2.37. The van der Waals surface area contributed by atoms with Crippen molar-refractivity contribution in [1.82, 2.24) is 5.32 Å². The van der Waals surface area contributed by atoms with Gasteiger partial charge in [0.1, 0.15) is 0 Å². The van der Waals surface area contributed by atoms with E-state index in [9.17, 15) is 18.0 Å². The van der Waals surface area contributed by atoms with Crippen LogP contribution in [0, 0.1) is 12.8 Å². The minimum atomic E-state index is -4.39. The summed E-state index contributed by atoms with van der Waals surface area (Å²) in [7, 11) is 0. The average molecular weight is 438 g/mol. The molecule has 0 amide bonds. The predicted octanol–water partition coefficient (Wildman–Crippen LogP) is 5.62. The number of carboxylic acids is 1. The van der Waals surface area contributed by atoms with Crippen LogP contribution in [-0.2, 0) is 15.7 Å². The van der Waals surface area contributed by atoms with Crippen LogP contribution in [0.2, 0.25) is 0 Å². The summed E-state index contributed by atoms with van der Waals surface area (Å²) in [5.41, 5.74) is 0.679. The van der Waals surface area contributed by atoms with Crippen LogP contribution in [0.4, 0.5) is 13.2 Å². The molecule has 0 aliphatic carbocycles. The first-order valence-electron chi connectivity index (χ1n) is 10.5. The lowest BCUT2D eigenvalue weighted by atomic mass is 9.83. The Labute approximate surface area is 181 Å². The van der Waals surface area contributed by atoms with Gasteiger partial charge in [-0.05, 0) is 48.9 Å². The summed E-state index contributed by atoms with van der Waals surface area (Å²) in [6, 6.07) is 15.8. The quantitative estimate of drug-likeness (QED) is 0.616. The number of carboxylic acid groups (broad SMARTS) is 1. The van der Waals surface area contributed by atoms with Gasteiger partial charge in [0.15, 0.2) is 0 Å². The maximum Gasteiger partial charge on any atom is 0.416 e. The van der Waals surface area contributed by atoms with Gasteiger partial charge in [-0.15, -0.1) is 0 Å². The Bertz CT molecular complexity index is 785. The van der Waals surface area contributed by atoms with Crippen molar-refractivity contribution < 1.29 is 27.8 Å². The van der Waals surface area contributed by atoms with Gasteiger partial charge in [-0.1, -0.05) is 55.8 Å². The zero-order valence-electron chi connectivity index (χ0n) is 17.9. The molecule has 1 heterocycles. The smallest absolute Gasteiger partial charge is 0.416 e. The Kier molecular flexibility index (Phi) is 9.52. The summed E-state index contributed by atoms with van der Waals surface area (Å²) < 4.78 is 45.3. The first-order chi connectivity index (χ1) is 14.7. The lowest BCUT2D eigenvalue weighted by Crippen LogP contribution is -2.38. The van der Waals surface area contributed by atoms with Crippen molar-refractivity contribution in [2.45, 2.75) is 51.5 Å².